The molecule has 0 saturated carbocycles. The Balaban J connectivity index is 1.41. The molecule has 4 rings (SSSR count). The van der Waals surface area contributed by atoms with Gasteiger partial charge in [0.1, 0.15) is 0 Å². The first-order valence-electron chi connectivity index (χ1n) is 9.55. The highest BCUT2D eigenvalue weighted by Gasteiger charge is 2.38. The Morgan fingerprint density at radius 3 is 2.96 bits per heavy atom. The average Bonchev–Trinajstić information content (AvgIpc) is 3.14. The minimum Gasteiger partial charge on any atom is -0.336 e. The Morgan fingerprint density at radius 2 is 2.17 bits per heavy atom. The van der Waals surface area contributed by atoms with Crippen LogP contribution in [-0.4, -0.2) is 41.4 Å². The molecular weight excluding hydrogens is 316 g/mol. The van der Waals surface area contributed by atoms with Gasteiger partial charge in [0.05, 0.1) is 0 Å². The van der Waals surface area contributed by atoms with Crippen LogP contribution >= 0.6 is 11.3 Å². The van der Waals surface area contributed by atoms with Crippen molar-refractivity contribution in [2.45, 2.75) is 57.5 Å². The zero-order chi connectivity index (χ0) is 16.4. The average molecular weight is 345 g/mol. The molecule has 2 saturated heterocycles. The number of carbonyl (C=O) groups is 1. The molecule has 1 amide bonds. The fourth-order valence-corrected chi connectivity index (χ4v) is 5.39. The first-order chi connectivity index (χ1) is 11.8. The van der Waals surface area contributed by atoms with Crippen LogP contribution in [0.3, 0.4) is 0 Å². The predicted molar refractivity (Wildman–Crippen MR) is 99.0 cm³/mol. The number of hydrogen-bond donors (Lipinski definition) is 0. The molecule has 0 spiro atoms. The van der Waals surface area contributed by atoms with Crippen LogP contribution in [0.15, 0.2) is 28.5 Å². The van der Waals surface area contributed by atoms with Gasteiger partial charge in [-0.2, -0.15) is 11.3 Å². The van der Waals surface area contributed by atoms with E-state index in [4.69, 9.17) is 0 Å². The quantitative estimate of drug-likeness (QED) is 0.825. The molecule has 3 aliphatic rings. The molecule has 24 heavy (non-hydrogen) atoms. The third-order valence-electron chi connectivity index (χ3n) is 5.97. The summed E-state index contributed by atoms with van der Waals surface area (Å²) in [5.41, 5.74) is 2.54. The SMILES string of the molecule is O=C(C1=CCCCC1)N1CCC[C@@H]2CN(Cc3ccsc3)CC[C@H]21. The van der Waals surface area contributed by atoms with Crippen molar-refractivity contribution < 1.29 is 4.79 Å². The Kier molecular flexibility index (Phi) is 5.04. The molecule has 1 aliphatic carbocycles. The molecule has 0 bridgehead atoms. The van der Waals surface area contributed by atoms with Crippen LogP contribution in [0.25, 0.3) is 0 Å². The number of likely N-dealkylation sites (tertiary alicyclic amines) is 2. The van der Waals surface area contributed by atoms with Crippen molar-refractivity contribution in [2.24, 2.45) is 5.92 Å². The van der Waals surface area contributed by atoms with Crippen molar-refractivity contribution in [3.63, 3.8) is 0 Å². The van der Waals surface area contributed by atoms with Gasteiger partial charge in [0.25, 0.3) is 0 Å². The first-order valence-corrected chi connectivity index (χ1v) is 10.5. The second-order valence-corrected chi connectivity index (χ2v) is 8.38. The third-order valence-corrected chi connectivity index (χ3v) is 6.70. The third kappa shape index (κ3) is 3.45. The van der Waals surface area contributed by atoms with Crippen LogP contribution in [0.2, 0.25) is 0 Å². The topological polar surface area (TPSA) is 23.6 Å². The first kappa shape index (κ1) is 16.3. The highest BCUT2D eigenvalue weighted by molar-refractivity contribution is 7.07. The van der Waals surface area contributed by atoms with Crippen molar-refractivity contribution in [3.8, 4) is 0 Å². The number of carbonyl (C=O) groups excluding carboxylic acids is 1. The zero-order valence-electron chi connectivity index (χ0n) is 14.5. The maximum absolute atomic E-state index is 13.0. The molecule has 4 heteroatoms. The van der Waals surface area contributed by atoms with Crippen LogP contribution < -0.4 is 0 Å². The van der Waals surface area contributed by atoms with E-state index in [0.29, 0.717) is 17.9 Å². The number of fused-ring (bicyclic) bond motifs is 1. The smallest absolute Gasteiger partial charge is 0.249 e. The molecule has 130 valence electrons. The van der Waals surface area contributed by atoms with E-state index >= 15 is 0 Å². The Hall–Kier alpha value is -1.13. The molecule has 2 atom stereocenters. The summed E-state index contributed by atoms with van der Waals surface area (Å²) in [6.07, 6.45) is 10.3. The highest BCUT2D eigenvalue weighted by atomic mass is 32.1. The van der Waals surface area contributed by atoms with Gasteiger partial charge >= 0.3 is 0 Å². The van der Waals surface area contributed by atoms with E-state index in [1.165, 1.54) is 31.2 Å². The van der Waals surface area contributed by atoms with Crippen molar-refractivity contribution >= 4 is 17.2 Å². The monoisotopic (exact) mass is 344 g/mol. The van der Waals surface area contributed by atoms with Crippen molar-refractivity contribution in [2.75, 3.05) is 19.6 Å². The molecule has 0 radical (unpaired) electrons. The van der Waals surface area contributed by atoms with E-state index in [1.807, 2.05) is 0 Å². The minimum absolute atomic E-state index is 0.357. The minimum atomic E-state index is 0.357. The summed E-state index contributed by atoms with van der Waals surface area (Å²) in [6.45, 7) is 4.33. The Bertz CT molecular complexity index is 595. The van der Waals surface area contributed by atoms with E-state index in [0.717, 1.165) is 51.0 Å². The Morgan fingerprint density at radius 1 is 1.21 bits per heavy atom. The summed E-state index contributed by atoms with van der Waals surface area (Å²) in [6, 6.07) is 2.72. The molecule has 2 fully saturated rings. The number of allylic oxidation sites excluding steroid dienone is 1. The molecular formula is C20H28N2OS. The number of piperidine rings is 2. The van der Waals surface area contributed by atoms with Gasteiger partial charge in [-0.05, 0) is 73.3 Å². The fourth-order valence-electron chi connectivity index (χ4n) is 4.73. The largest absolute Gasteiger partial charge is 0.336 e. The van der Waals surface area contributed by atoms with Crippen LogP contribution in [0, 0.1) is 5.92 Å². The van der Waals surface area contributed by atoms with E-state index in [1.54, 1.807) is 11.3 Å². The van der Waals surface area contributed by atoms with Crippen LogP contribution in [-0.2, 0) is 11.3 Å². The number of nitrogens with zero attached hydrogens (tertiary/aromatic N) is 2. The van der Waals surface area contributed by atoms with Gasteiger partial charge in [-0.25, -0.2) is 0 Å². The number of rotatable bonds is 3. The second-order valence-electron chi connectivity index (χ2n) is 7.60. The lowest BCUT2D eigenvalue weighted by atomic mass is 9.83. The molecule has 0 aromatic carbocycles. The maximum atomic E-state index is 13.0. The second kappa shape index (κ2) is 7.40. The predicted octanol–water partition coefficient (Wildman–Crippen LogP) is 4.06. The normalized spacial score (nSPS) is 28.3. The number of amides is 1. The molecule has 3 nitrogen and oxygen atoms in total. The molecule has 0 N–H and O–H groups in total. The summed E-state index contributed by atoms with van der Waals surface area (Å²) in [5.74, 6) is 1.02. The van der Waals surface area contributed by atoms with Gasteiger partial charge in [-0.3, -0.25) is 9.69 Å². The lowest BCUT2D eigenvalue weighted by Gasteiger charge is -2.47. The van der Waals surface area contributed by atoms with E-state index in [-0.39, 0.29) is 0 Å². The molecule has 1 aromatic rings. The molecule has 0 unspecified atom stereocenters. The van der Waals surface area contributed by atoms with Gasteiger partial charge in [0.15, 0.2) is 0 Å². The van der Waals surface area contributed by atoms with Crippen molar-refractivity contribution in [3.05, 3.63) is 34.0 Å². The van der Waals surface area contributed by atoms with Crippen molar-refractivity contribution in [1.29, 1.82) is 0 Å². The summed E-state index contributed by atoms with van der Waals surface area (Å²) < 4.78 is 0. The number of thiophene rings is 1. The summed E-state index contributed by atoms with van der Waals surface area (Å²) >= 11 is 1.79. The van der Waals surface area contributed by atoms with Gasteiger partial charge in [0.2, 0.25) is 5.91 Å². The summed E-state index contributed by atoms with van der Waals surface area (Å²) in [5, 5.41) is 4.43. The zero-order valence-corrected chi connectivity index (χ0v) is 15.3. The van der Waals surface area contributed by atoms with Crippen LogP contribution in [0.4, 0.5) is 0 Å². The van der Waals surface area contributed by atoms with E-state index < -0.39 is 0 Å². The molecule has 2 aliphatic heterocycles. The van der Waals surface area contributed by atoms with Crippen molar-refractivity contribution in [1.82, 2.24) is 9.80 Å². The lowest BCUT2D eigenvalue weighted by Crippen LogP contribution is -2.55. The lowest BCUT2D eigenvalue weighted by molar-refractivity contribution is -0.134. The highest BCUT2D eigenvalue weighted by Crippen LogP contribution is 2.33. The van der Waals surface area contributed by atoms with Crippen LogP contribution in [0.1, 0.15) is 50.5 Å². The Labute approximate surface area is 149 Å². The van der Waals surface area contributed by atoms with Gasteiger partial charge < -0.3 is 4.90 Å². The van der Waals surface area contributed by atoms with E-state index in [2.05, 4.69) is 32.7 Å². The van der Waals surface area contributed by atoms with Crippen LogP contribution in [0.5, 0.6) is 0 Å². The fraction of sp³-hybridized carbons (Fsp3) is 0.650. The molecule has 1 aromatic heterocycles. The summed E-state index contributed by atoms with van der Waals surface area (Å²) in [4.78, 5) is 17.8. The summed E-state index contributed by atoms with van der Waals surface area (Å²) in [7, 11) is 0. The van der Waals surface area contributed by atoms with Gasteiger partial charge in [-0.15, -0.1) is 0 Å². The van der Waals surface area contributed by atoms with Gasteiger partial charge in [0, 0.05) is 37.8 Å². The molecule has 3 heterocycles. The van der Waals surface area contributed by atoms with Gasteiger partial charge in [-0.1, -0.05) is 6.08 Å². The standard InChI is InChI=1S/C20H28N2OS/c23-20(17-5-2-1-3-6-17)22-10-4-7-18-14-21(11-8-19(18)22)13-16-9-12-24-15-16/h5,9,12,15,18-19H,1-4,6-8,10-11,13-14H2/t18-,19-/m1/s1. The maximum Gasteiger partial charge on any atom is 0.249 e. The number of hydrogen-bond acceptors (Lipinski definition) is 3. The van der Waals surface area contributed by atoms with E-state index in [9.17, 15) is 4.79 Å².